The number of amides is 2. The van der Waals surface area contributed by atoms with Crippen LogP contribution in [0.3, 0.4) is 0 Å². The summed E-state index contributed by atoms with van der Waals surface area (Å²) in [7, 11) is 1.58. The van der Waals surface area contributed by atoms with Crippen molar-refractivity contribution in [3.05, 3.63) is 18.2 Å². The van der Waals surface area contributed by atoms with Gasteiger partial charge in [-0.15, -0.1) is 5.10 Å². The summed E-state index contributed by atoms with van der Waals surface area (Å²) in [5.74, 6) is -0.996. The molecule has 20 heavy (non-hydrogen) atoms. The summed E-state index contributed by atoms with van der Waals surface area (Å²) in [6.45, 7) is 0.684. The van der Waals surface area contributed by atoms with Gasteiger partial charge in [-0.1, -0.05) is 5.10 Å². The highest BCUT2D eigenvalue weighted by Crippen LogP contribution is 1.95. The van der Waals surface area contributed by atoms with Crippen molar-refractivity contribution in [2.45, 2.75) is 6.54 Å². The molecule has 2 aromatic heterocycles. The normalized spacial score (nSPS) is 10.2. The maximum Gasteiger partial charge on any atom is 0.356 e. The van der Waals surface area contributed by atoms with Gasteiger partial charge < -0.3 is 15.0 Å². The number of nitrogens with zero attached hydrogens (tertiary/aromatic N) is 6. The Balaban J connectivity index is 1.74. The topological polar surface area (TPSA) is 140 Å². The molecule has 0 aliphatic heterocycles. The number of hydrogen-bond donors (Lipinski definition) is 3. The zero-order valence-corrected chi connectivity index (χ0v) is 10.5. The van der Waals surface area contributed by atoms with Crippen LogP contribution in [-0.4, -0.2) is 53.4 Å². The third-order valence-electron chi connectivity index (χ3n) is 2.24. The molecule has 0 atom stereocenters. The van der Waals surface area contributed by atoms with E-state index in [0.29, 0.717) is 13.1 Å². The fraction of sp³-hybridized carbons (Fsp3) is 0.333. The van der Waals surface area contributed by atoms with E-state index in [0.717, 1.165) is 0 Å². The third kappa shape index (κ3) is 3.51. The molecule has 2 heterocycles. The first-order valence-corrected chi connectivity index (χ1v) is 5.58. The second-order valence-electron chi connectivity index (χ2n) is 3.79. The number of tetrazole rings is 1. The number of rotatable bonds is 5. The minimum Gasteiger partial charge on any atom is -0.476 e. The van der Waals surface area contributed by atoms with E-state index in [1.165, 1.54) is 17.3 Å². The van der Waals surface area contributed by atoms with Crippen molar-refractivity contribution in [2.24, 2.45) is 7.05 Å². The summed E-state index contributed by atoms with van der Waals surface area (Å²) in [6, 6.07) is -0.475. The van der Waals surface area contributed by atoms with Crippen molar-refractivity contribution in [3.63, 3.8) is 0 Å². The number of hydrogen-bond acceptors (Lipinski definition) is 6. The molecule has 0 fully saturated rings. The van der Waals surface area contributed by atoms with E-state index < -0.39 is 12.0 Å². The highest BCUT2D eigenvalue weighted by molar-refractivity contribution is 5.87. The zero-order chi connectivity index (χ0) is 14.5. The molecule has 0 aliphatic carbocycles. The third-order valence-corrected chi connectivity index (χ3v) is 2.24. The first-order valence-electron chi connectivity index (χ1n) is 5.58. The first-order chi connectivity index (χ1) is 9.54. The van der Waals surface area contributed by atoms with Crippen LogP contribution in [0.15, 0.2) is 12.5 Å². The van der Waals surface area contributed by atoms with E-state index in [4.69, 9.17) is 5.11 Å². The Kier molecular flexibility index (Phi) is 3.88. The van der Waals surface area contributed by atoms with Crippen LogP contribution >= 0.6 is 0 Å². The number of anilines is 1. The van der Waals surface area contributed by atoms with Crippen LogP contribution < -0.4 is 10.6 Å². The highest BCUT2D eigenvalue weighted by Gasteiger charge is 2.07. The van der Waals surface area contributed by atoms with Crippen LogP contribution in [0, 0.1) is 0 Å². The van der Waals surface area contributed by atoms with E-state index in [2.05, 4.69) is 31.0 Å². The number of imidazole rings is 1. The number of carboxylic acid groups (broad SMARTS) is 1. The van der Waals surface area contributed by atoms with Crippen molar-refractivity contribution in [1.82, 2.24) is 35.1 Å². The van der Waals surface area contributed by atoms with Crippen LogP contribution in [0.2, 0.25) is 0 Å². The molecule has 0 unspecified atom stereocenters. The average molecular weight is 280 g/mol. The Bertz CT molecular complexity index is 618. The number of carbonyl (C=O) groups is 2. The predicted molar refractivity (Wildman–Crippen MR) is 65.0 cm³/mol. The van der Waals surface area contributed by atoms with Gasteiger partial charge in [-0.3, -0.25) is 5.32 Å². The van der Waals surface area contributed by atoms with Gasteiger partial charge >= 0.3 is 12.0 Å². The number of urea groups is 1. The molecule has 2 aromatic rings. The smallest absolute Gasteiger partial charge is 0.356 e. The van der Waals surface area contributed by atoms with E-state index in [1.54, 1.807) is 11.6 Å². The number of aromatic nitrogens is 6. The van der Waals surface area contributed by atoms with Crippen LogP contribution in [0.25, 0.3) is 0 Å². The van der Waals surface area contributed by atoms with E-state index in [1.807, 2.05) is 0 Å². The first kappa shape index (κ1) is 13.5. The highest BCUT2D eigenvalue weighted by atomic mass is 16.4. The quantitative estimate of drug-likeness (QED) is 0.633. The van der Waals surface area contributed by atoms with Crippen molar-refractivity contribution < 1.29 is 14.7 Å². The van der Waals surface area contributed by atoms with Gasteiger partial charge in [-0.25, -0.2) is 14.6 Å². The van der Waals surface area contributed by atoms with Crippen molar-refractivity contribution >= 4 is 17.9 Å². The van der Waals surface area contributed by atoms with Gasteiger partial charge in [0.25, 0.3) is 5.95 Å². The molecule has 2 amide bonds. The second-order valence-corrected chi connectivity index (χ2v) is 3.79. The Morgan fingerprint density at radius 2 is 2.25 bits per heavy atom. The lowest BCUT2D eigenvalue weighted by Crippen LogP contribution is -2.31. The predicted octanol–water partition coefficient (Wildman–Crippen LogP) is -1.07. The summed E-state index contributed by atoms with van der Waals surface area (Å²) in [6.07, 6.45) is 2.76. The number of carbonyl (C=O) groups excluding carboxylic acids is 1. The second kappa shape index (κ2) is 5.77. The molecule has 0 bridgehead atoms. The molecule has 2 rings (SSSR count). The SMILES string of the molecule is Cn1nnc(NC(=O)NCCn2cnc(C(=O)O)c2)n1. The maximum absolute atomic E-state index is 11.5. The number of nitrogens with one attached hydrogen (secondary N) is 2. The summed E-state index contributed by atoms with van der Waals surface area (Å²) >= 11 is 0. The Morgan fingerprint density at radius 3 is 2.85 bits per heavy atom. The molecule has 0 saturated carbocycles. The fourth-order valence-corrected chi connectivity index (χ4v) is 1.37. The van der Waals surface area contributed by atoms with Crippen molar-refractivity contribution in [1.29, 1.82) is 0 Å². The standard InChI is InChI=1S/C9H12N8O3/c1-16-14-8(13-15-16)12-9(20)10-2-3-17-4-6(7(18)19)11-5-17/h4-5H,2-3H2,1H3,(H,18,19)(H2,10,12,14,20). The number of aromatic carboxylic acids is 1. The van der Waals surface area contributed by atoms with Gasteiger partial charge in [-0.05, 0) is 5.21 Å². The van der Waals surface area contributed by atoms with Gasteiger partial charge in [-0.2, -0.15) is 4.80 Å². The number of aryl methyl sites for hydroxylation is 1. The van der Waals surface area contributed by atoms with E-state index in [9.17, 15) is 9.59 Å². The molecule has 3 N–H and O–H groups in total. The molecular weight excluding hydrogens is 268 g/mol. The van der Waals surface area contributed by atoms with Crippen molar-refractivity contribution in [3.8, 4) is 0 Å². The minimum absolute atomic E-state index is 0.0433. The van der Waals surface area contributed by atoms with Crippen LogP contribution in [-0.2, 0) is 13.6 Å². The van der Waals surface area contributed by atoms with Crippen LogP contribution in [0.4, 0.5) is 10.7 Å². The lowest BCUT2D eigenvalue weighted by Gasteiger charge is -2.04. The number of carboxylic acids is 1. The molecule has 106 valence electrons. The minimum atomic E-state index is -1.09. The molecular formula is C9H12N8O3. The summed E-state index contributed by atoms with van der Waals surface area (Å²) in [4.78, 5) is 27.0. The molecule has 11 nitrogen and oxygen atoms in total. The van der Waals surface area contributed by atoms with Gasteiger partial charge in [0.15, 0.2) is 5.69 Å². The molecule has 0 radical (unpaired) electrons. The van der Waals surface area contributed by atoms with Gasteiger partial charge in [0, 0.05) is 19.3 Å². The summed E-state index contributed by atoms with van der Waals surface area (Å²) in [5, 5.41) is 24.6. The Labute approximate surface area is 112 Å². The van der Waals surface area contributed by atoms with E-state index >= 15 is 0 Å². The van der Waals surface area contributed by atoms with E-state index in [-0.39, 0.29) is 11.6 Å². The monoisotopic (exact) mass is 280 g/mol. The van der Waals surface area contributed by atoms with Crippen molar-refractivity contribution in [2.75, 3.05) is 11.9 Å². The van der Waals surface area contributed by atoms with Crippen LogP contribution in [0.1, 0.15) is 10.5 Å². The molecule has 11 heteroatoms. The summed E-state index contributed by atoms with van der Waals surface area (Å²) < 4.78 is 1.56. The molecule has 0 spiro atoms. The molecule has 0 aliphatic rings. The average Bonchev–Trinajstić information content (AvgIpc) is 2.99. The maximum atomic E-state index is 11.5. The fourth-order valence-electron chi connectivity index (χ4n) is 1.37. The Hall–Kier alpha value is -2.98. The molecule has 0 saturated heterocycles. The van der Waals surface area contributed by atoms with Gasteiger partial charge in [0.1, 0.15) is 0 Å². The van der Waals surface area contributed by atoms with Gasteiger partial charge in [0.05, 0.1) is 13.4 Å². The van der Waals surface area contributed by atoms with Gasteiger partial charge in [0.2, 0.25) is 0 Å². The molecule has 0 aromatic carbocycles. The summed E-state index contributed by atoms with van der Waals surface area (Å²) in [5.41, 5.74) is -0.0433. The zero-order valence-electron chi connectivity index (χ0n) is 10.5. The van der Waals surface area contributed by atoms with Crippen LogP contribution in [0.5, 0.6) is 0 Å². The lowest BCUT2D eigenvalue weighted by molar-refractivity contribution is 0.0691. The Morgan fingerprint density at radius 1 is 1.45 bits per heavy atom. The largest absolute Gasteiger partial charge is 0.476 e. The lowest BCUT2D eigenvalue weighted by atomic mass is 10.5.